The van der Waals surface area contributed by atoms with Crippen LogP contribution in [-0.4, -0.2) is 73.4 Å². The molecule has 3 rings (SSSR count). The highest BCUT2D eigenvalue weighted by atomic mass is 16.6. The van der Waals surface area contributed by atoms with Crippen molar-refractivity contribution in [1.82, 2.24) is 14.9 Å². The molecule has 11 nitrogen and oxygen atoms in total. The SMILES string of the molecule is C[NH2+]/C=C(\C=N)c1ccnc(Nc2cc([N+](=O)[O-])c(N3CCC(N(C)C)CC3)cc2OC)n1. The number of quaternary nitrogens is 1. The number of nitro benzene ring substituents is 1. The Bertz CT molecular complexity index is 1030. The molecule has 0 unspecified atom stereocenters. The van der Waals surface area contributed by atoms with Crippen LogP contribution >= 0.6 is 0 Å². The van der Waals surface area contributed by atoms with E-state index in [0.29, 0.717) is 34.4 Å². The van der Waals surface area contributed by atoms with Gasteiger partial charge in [-0.1, -0.05) is 0 Å². The number of nitrogens with one attached hydrogen (secondary N) is 2. The minimum Gasteiger partial charge on any atom is -0.494 e. The fourth-order valence-corrected chi connectivity index (χ4v) is 3.93. The molecule has 2 heterocycles. The van der Waals surface area contributed by atoms with Crippen molar-refractivity contribution in [2.45, 2.75) is 18.9 Å². The summed E-state index contributed by atoms with van der Waals surface area (Å²) >= 11 is 0. The van der Waals surface area contributed by atoms with E-state index in [4.69, 9.17) is 10.1 Å². The van der Waals surface area contributed by atoms with Gasteiger partial charge in [0, 0.05) is 43.7 Å². The maximum absolute atomic E-state index is 11.9. The summed E-state index contributed by atoms with van der Waals surface area (Å²) < 4.78 is 5.55. The molecule has 0 atom stereocenters. The summed E-state index contributed by atoms with van der Waals surface area (Å²) in [6.07, 6.45) is 6.43. The number of benzene rings is 1. The molecule has 1 aliphatic heterocycles. The molecule has 0 spiro atoms. The van der Waals surface area contributed by atoms with E-state index < -0.39 is 0 Å². The van der Waals surface area contributed by atoms with Crippen molar-refractivity contribution in [3.8, 4) is 5.75 Å². The van der Waals surface area contributed by atoms with E-state index in [-0.39, 0.29) is 16.6 Å². The third-order valence-electron chi connectivity index (χ3n) is 5.73. The number of methoxy groups -OCH3 is 1. The Balaban J connectivity index is 1.93. The Morgan fingerprint density at radius 1 is 1.39 bits per heavy atom. The number of hydrogen-bond acceptors (Lipinski definition) is 9. The smallest absolute Gasteiger partial charge is 0.294 e. The predicted octanol–water partition coefficient (Wildman–Crippen LogP) is 1.85. The van der Waals surface area contributed by atoms with Gasteiger partial charge >= 0.3 is 0 Å². The molecule has 1 aliphatic rings. The lowest BCUT2D eigenvalue weighted by atomic mass is 10.0. The molecule has 2 aromatic rings. The second kappa shape index (κ2) is 10.8. The molecule has 0 saturated carbocycles. The number of allylic oxidation sites excluding steroid dienone is 1. The Morgan fingerprint density at radius 2 is 2.12 bits per heavy atom. The standard InChI is InChI=1S/C22H30N8O3/c1-24-14-15(13-23)17-5-8-25-22(26-17)27-18-11-20(30(31)32)19(12-21(18)33-4)29-9-6-16(7-10-29)28(2)3/h5,8,11-14,16,23-24H,6-7,9-10H2,1-4H3,(H,25,26,27)/p+1/b15-14+,23-13?. The van der Waals surface area contributed by atoms with E-state index in [2.05, 4.69) is 34.3 Å². The molecule has 4 N–H and O–H groups in total. The fourth-order valence-electron chi connectivity index (χ4n) is 3.93. The highest BCUT2D eigenvalue weighted by Gasteiger charge is 2.28. The van der Waals surface area contributed by atoms with E-state index in [1.54, 1.807) is 24.5 Å². The summed E-state index contributed by atoms with van der Waals surface area (Å²) in [6.45, 7) is 1.47. The zero-order chi connectivity index (χ0) is 24.0. The Kier molecular flexibility index (Phi) is 7.91. The third-order valence-corrected chi connectivity index (χ3v) is 5.73. The maximum Gasteiger partial charge on any atom is 0.294 e. The summed E-state index contributed by atoms with van der Waals surface area (Å²) in [6, 6.07) is 5.34. The highest BCUT2D eigenvalue weighted by molar-refractivity contribution is 6.06. The van der Waals surface area contributed by atoms with Crippen molar-refractivity contribution < 1.29 is 15.0 Å². The second-order valence-corrected chi connectivity index (χ2v) is 7.97. The zero-order valence-corrected chi connectivity index (χ0v) is 19.4. The minimum absolute atomic E-state index is 0.00147. The topological polar surface area (TPSA) is 137 Å². The van der Waals surface area contributed by atoms with Crippen LogP contribution in [0.15, 0.2) is 30.6 Å². The molecule has 0 radical (unpaired) electrons. The molecule has 0 bridgehead atoms. The average Bonchev–Trinajstić information content (AvgIpc) is 2.82. The highest BCUT2D eigenvalue weighted by Crippen LogP contribution is 2.40. The molecule has 11 heteroatoms. The van der Waals surface area contributed by atoms with Crippen LogP contribution in [0.1, 0.15) is 18.5 Å². The van der Waals surface area contributed by atoms with E-state index in [1.807, 2.05) is 17.3 Å². The van der Waals surface area contributed by atoms with Crippen molar-refractivity contribution >= 4 is 34.8 Å². The van der Waals surface area contributed by atoms with Gasteiger partial charge in [0.25, 0.3) is 5.69 Å². The number of ether oxygens (including phenoxy) is 1. The van der Waals surface area contributed by atoms with Gasteiger partial charge in [0.2, 0.25) is 5.95 Å². The number of aromatic nitrogens is 2. The molecular formula is C22H31N8O3+. The first kappa shape index (κ1) is 24.1. The average molecular weight is 456 g/mol. The van der Waals surface area contributed by atoms with Crippen molar-refractivity contribution in [1.29, 1.82) is 5.41 Å². The van der Waals surface area contributed by atoms with E-state index >= 15 is 0 Å². The molecule has 1 fully saturated rings. The minimum atomic E-state index is -0.373. The van der Waals surface area contributed by atoms with Crippen LogP contribution in [0.2, 0.25) is 0 Å². The fraction of sp³-hybridized carbons (Fsp3) is 0.409. The number of rotatable bonds is 9. The molecule has 0 aliphatic carbocycles. The maximum atomic E-state index is 11.9. The number of piperidine rings is 1. The Morgan fingerprint density at radius 3 is 2.70 bits per heavy atom. The van der Waals surface area contributed by atoms with Gasteiger partial charge in [-0.15, -0.1) is 0 Å². The first-order chi connectivity index (χ1) is 15.9. The van der Waals surface area contributed by atoms with E-state index in [0.717, 1.165) is 25.9 Å². The van der Waals surface area contributed by atoms with Gasteiger partial charge in [-0.25, -0.2) is 9.97 Å². The summed E-state index contributed by atoms with van der Waals surface area (Å²) in [5, 5.41) is 24.4. The van der Waals surface area contributed by atoms with Crippen molar-refractivity contribution in [2.24, 2.45) is 0 Å². The van der Waals surface area contributed by atoms with Crippen LogP contribution < -0.4 is 20.3 Å². The molecule has 176 valence electrons. The van der Waals surface area contributed by atoms with Gasteiger partial charge in [-0.3, -0.25) is 10.1 Å². The first-order valence-electron chi connectivity index (χ1n) is 10.8. The number of nitrogens with zero attached hydrogens (tertiary/aromatic N) is 5. The summed E-state index contributed by atoms with van der Waals surface area (Å²) in [5.41, 5.74) is 2.13. The Labute approximate surface area is 193 Å². The van der Waals surface area contributed by atoms with Crippen LogP contribution in [-0.2, 0) is 0 Å². The van der Waals surface area contributed by atoms with Gasteiger partial charge < -0.3 is 30.6 Å². The molecule has 1 aromatic carbocycles. The second-order valence-electron chi connectivity index (χ2n) is 7.97. The van der Waals surface area contributed by atoms with Gasteiger partial charge in [-0.2, -0.15) is 0 Å². The van der Waals surface area contributed by atoms with Crippen LogP contribution in [0.4, 0.5) is 23.0 Å². The van der Waals surface area contributed by atoms with Crippen molar-refractivity contribution in [3.63, 3.8) is 0 Å². The number of anilines is 3. The number of nitro groups is 1. The van der Waals surface area contributed by atoms with Gasteiger partial charge in [0.1, 0.15) is 17.6 Å². The molecule has 0 amide bonds. The lowest BCUT2D eigenvalue weighted by Gasteiger charge is -2.36. The molecule has 1 saturated heterocycles. The molecular weight excluding hydrogens is 424 g/mol. The van der Waals surface area contributed by atoms with Crippen LogP contribution in [0.3, 0.4) is 0 Å². The van der Waals surface area contributed by atoms with E-state index in [9.17, 15) is 10.1 Å². The lowest BCUT2D eigenvalue weighted by molar-refractivity contribution is -0.555. The summed E-state index contributed by atoms with van der Waals surface area (Å²) in [7, 11) is 7.51. The summed E-state index contributed by atoms with van der Waals surface area (Å²) in [4.78, 5) is 24.5. The largest absolute Gasteiger partial charge is 0.494 e. The van der Waals surface area contributed by atoms with Crippen LogP contribution in [0.25, 0.3) is 5.57 Å². The summed E-state index contributed by atoms with van der Waals surface area (Å²) in [5.74, 6) is 0.715. The normalized spacial score (nSPS) is 14.9. The van der Waals surface area contributed by atoms with Gasteiger partial charge in [0.15, 0.2) is 0 Å². The van der Waals surface area contributed by atoms with E-state index in [1.165, 1.54) is 19.4 Å². The van der Waals surface area contributed by atoms with Crippen LogP contribution in [0.5, 0.6) is 5.75 Å². The lowest BCUT2D eigenvalue weighted by Crippen LogP contribution is -2.72. The Hall–Kier alpha value is -3.57. The monoisotopic (exact) mass is 455 g/mol. The van der Waals surface area contributed by atoms with Crippen LogP contribution in [0, 0.1) is 15.5 Å². The zero-order valence-electron chi connectivity index (χ0n) is 19.4. The first-order valence-corrected chi connectivity index (χ1v) is 10.8. The number of nitrogens with two attached hydrogens (primary N) is 1. The van der Waals surface area contributed by atoms with Gasteiger partial charge in [0.05, 0.1) is 36.0 Å². The molecule has 33 heavy (non-hydrogen) atoms. The predicted molar refractivity (Wildman–Crippen MR) is 128 cm³/mol. The third kappa shape index (κ3) is 5.62. The van der Waals surface area contributed by atoms with Crippen molar-refractivity contribution in [3.05, 3.63) is 46.4 Å². The van der Waals surface area contributed by atoms with Crippen molar-refractivity contribution in [2.75, 3.05) is 51.6 Å². The van der Waals surface area contributed by atoms with Gasteiger partial charge in [-0.05, 0) is 33.0 Å². The number of hydrogen-bond donors (Lipinski definition) is 3. The quantitative estimate of drug-likeness (QED) is 0.296. The molecule has 1 aromatic heterocycles.